The third-order valence-electron chi connectivity index (χ3n) is 3.47. The van der Waals surface area contributed by atoms with E-state index in [1.807, 2.05) is 13.8 Å². The van der Waals surface area contributed by atoms with E-state index in [1.54, 1.807) is 12.1 Å². The van der Waals surface area contributed by atoms with Gasteiger partial charge in [-0.25, -0.2) is 18.5 Å². The zero-order valence-electron chi connectivity index (χ0n) is 12.5. The molecule has 0 fully saturated rings. The molecule has 0 saturated carbocycles. The summed E-state index contributed by atoms with van der Waals surface area (Å²) in [6.45, 7) is 3.94. The Hall–Kier alpha value is -2.52. The lowest BCUT2D eigenvalue weighted by Gasteiger charge is -2.04. The standard InChI is InChI=1S/C14H15N5O3S/c1-7(2)10-11-12(19-18-10)14(20)17-13(16-11)8-3-5-9(6-4-8)23(15,21)22/h3-7H,1-2H3,(H,18,19)(H2,15,21,22)(H,16,17,20). The van der Waals surface area contributed by atoms with Gasteiger partial charge in [-0.1, -0.05) is 13.8 Å². The van der Waals surface area contributed by atoms with Crippen LogP contribution in [0.1, 0.15) is 25.5 Å². The van der Waals surface area contributed by atoms with Crippen molar-refractivity contribution in [3.05, 3.63) is 40.3 Å². The fraction of sp³-hybridized carbons (Fsp3) is 0.214. The van der Waals surface area contributed by atoms with Gasteiger partial charge in [0.25, 0.3) is 5.56 Å². The number of fused-ring (bicyclic) bond motifs is 1. The number of hydrogen-bond acceptors (Lipinski definition) is 5. The molecular formula is C14H15N5O3S. The first kappa shape index (κ1) is 15.4. The first-order valence-corrected chi connectivity index (χ1v) is 8.43. The summed E-state index contributed by atoms with van der Waals surface area (Å²) in [5, 5.41) is 11.9. The largest absolute Gasteiger partial charge is 0.305 e. The van der Waals surface area contributed by atoms with Crippen LogP contribution in [0, 0.1) is 0 Å². The quantitative estimate of drug-likeness (QED) is 0.659. The molecule has 1 aromatic carbocycles. The molecule has 0 aliphatic carbocycles. The number of rotatable bonds is 3. The highest BCUT2D eigenvalue weighted by Crippen LogP contribution is 2.22. The van der Waals surface area contributed by atoms with Crippen LogP contribution in [-0.4, -0.2) is 28.6 Å². The second kappa shape index (κ2) is 5.28. The Morgan fingerprint density at radius 2 is 1.78 bits per heavy atom. The lowest BCUT2D eigenvalue weighted by atomic mass is 10.1. The van der Waals surface area contributed by atoms with E-state index in [0.29, 0.717) is 16.9 Å². The summed E-state index contributed by atoms with van der Waals surface area (Å²) in [7, 11) is -3.76. The van der Waals surface area contributed by atoms with E-state index >= 15 is 0 Å². The molecule has 0 aliphatic rings. The van der Waals surface area contributed by atoms with Crippen LogP contribution < -0.4 is 10.7 Å². The monoisotopic (exact) mass is 333 g/mol. The SMILES string of the molecule is CC(C)c1[nH]nc2c(=O)[nH]c(-c3ccc(S(N)(=O)=O)cc3)nc12. The molecule has 0 aliphatic heterocycles. The van der Waals surface area contributed by atoms with Crippen molar-refractivity contribution in [1.82, 2.24) is 20.2 Å². The summed E-state index contributed by atoms with van der Waals surface area (Å²) in [6.07, 6.45) is 0. The van der Waals surface area contributed by atoms with Crippen LogP contribution >= 0.6 is 0 Å². The molecular weight excluding hydrogens is 318 g/mol. The highest BCUT2D eigenvalue weighted by atomic mass is 32.2. The van der Waals surface area contributed by atoms with Crippen molar-refractivity contribution in [3.8, 4) is 11.4 Å². The zero-order valence-corrected chi connectivity index (χ0v) is 13.3. The van der Waals surface area contributed by atoms with Gasteiger partial charge in [0.15, 0.2) is 5.52 Å². The summed E-state index contributed by atoms with van der Waals surface area (Å²) in [5.41, 5.74) is 1.75. The van der Waals surface area contributed by atoms with E-state index in [9.17, 15) is 13.2 Å². The zero-order chi connectivity index (χ0) is 16.8. The summed E-state index contributed by atoms with van der Waals surface area (Å²) in [4.78, 5) is 19.2. The van der Waals surface area contributed by atoms with Crippen LogP contribution in [0.25, 0.3) is 22.4 Å². The molecule has 120 valence electrons. The third kappa shape index (κ3) is 2.76. The van der Waals surface area contributed by atoms with Crippen molar-refractivity contribution in [3.63, 3.8) is 0 Å². The van der Waals surface area contributed by atoms with Gasteiger partial charge in [0, 0.05) is 5.56 Å². The van der Waals surface area contributed by atoms with Gasteiger partial charge in [-0.15, -0.1) is 0 Å². The maximum absolute atomic E-state index is 12.1. The van der Waals surface area contributed by atoms with Gasteiger partial charge in [-0.05, 0) is 30.2 Å². The number of primary sulfonamides is 1. The Labute approximate surface area is 131 Å². The van der Waals surface area contributed by atoms with Crippen LogP contribution in [0.5, 0.6) is 0 Å². The highest BCUT2D eigenvalue weighted by Gasteiger charge is 2.15. The van der Waals surface area contributed by atoms with Crippen LogP contribution in [0.4, 0.5) is 0 Å². The topological polar surface area (TPSA) is 135 Å². The molecule has 2 aromatic heterocycles. The maximum atomic E-state index is 12.1. The van der Waals surface area contributed by atoms with E-state index in [4.69, 9.17) is 5.14 Å². The number of H-pyrrole nitrogens is 2. The van der Waals surface area contributed by atoms with Crippen molar-refractivity contribution in [2.24, 2.45) is 5.14 Å². The molecule has 0 atom stereocenters. The van der Waals surface area contributed by atoms with Crippen LogP contribution in [0.15, 0.2) is 34.0 Å². The summed E-state index contributed by atoms with van der Waals surface area (Å²) in [5.74, 6) is 0.471. The first-order chi connectivity index (χ1) is 10.8. The first-order valence-electron chi connectivity index (χ1n) is 6.89. The number of aromatic nitrogens is 4. The number of benzene rings is 1. The van der Waals surface area contributed by atoms with E-state index < -0.39 is 10.0 Å². The number of sulfonamides is 1. The normalized spacial score (nSPS) is 12.2. The van der Waals surface area contributed by atoms with Gasteiger partial charge in [0.1, 0.15) is 11.3 Å². The van der Waals surface area contributed by atoms with Crippen LogP contribution in [0.2, 0.25) is 0 Å². The highest BCUT2D eigenvalue weighted by molar-refractivity contribution is 7.89. The molecule has 0 bridgehead atoms. The predicted octanol–water partition coefficient (Wildman–Crippen LogP) is 1.08. The lowest BCUT2D eigenvalue weighted by Crippen LogP contribution is -2.12. The Bertz CT molecular complexity index is 1030. The number of nitrogens with one attached hydrogen (secondary N) is 2. The molecule has 9 heteroatoms. The molecule has 3 rings (SSSR count). The second-order valence-electron chi connectivity index (χ2n) is 5.47. The van der Waals surface area contributed by atoms with Gasteiger partial charge < -0.3 is 4.98 Å². The maximum Gasteiger partial charge on any atom is 0.279 e. The van der Waals surface area contributed by atoms with Gasteiger partial charge in [0.05, 0.1) is 10.6 Å². The molecule has 0 amide bonds. The van der Waals surface area contributed by atoms with Gasteiger partial charge >= 0.3 is 0 Å². The molecule has 2 heterocycles. The third-order valence-corrected chi connectivity index (χ3v) is 4.40. The molecule has 0 radical (unpaired) electrons. The minimum atomic E-state index is -3.76. The van der Waals surface area contributed by atoms with Gasteiger partial charge in [-0.3, -0.25) is 9.89 Å². The lowest BCUT2D eigenvalue weighted by molar-refractivity contribution is 0.598. The average molecular weight is 333 g/mol. The van der Waals surface area contributed by atoms with E-state index in [-0.39, 0.29) is 21.9 Å². The van der Waals surface area contributed by atoms with E-state index in [0.717, 1.165) is 5.69 Å². The number of nitrogens with zero attached hydrogens (tertiary/aromatic N) is 2. The van der Waals surface area contributed by atoms with Gasteiger partial charge in [-0.2, -0.15) is 5.10 Å². The Morgan fingerprint density at radius 1 is 1.13 bits per heavy atom. The minimum Gasteiger partial charge on any atom is -0.305 e. The predicted molar refractivity (Wildman–Crippen MR) is 85.4 cm³/mol. The van der Waals surface area contributed by atoms with E-state index in [2.05, 4.69) is 20.2 Å². The molecule has 0 spiro atoms. The fourth-order valence-electron chi connectivity index (χ4n) is 2.27. The average Bonchev–Trinajstić information content (AvgIpc) is 2.91. The number of aromatic amines is 2. The van der Waals surface area contributed by atoms with Crippen molar-refractivity contribution in [1.29, 1.82) is 0 Å². The molecule has 23 heavy (non-hydrogen) atoms. The van der Waals surface area contributed by atoms with Crippen molar-refractivity contribution in [2.45, 2.75) is 24.7 Å². The van der Waals surface area contributed by atoms with E-state index in [1.165, 1.54) is 12.1 Å². The smallest absolute Gasteiger partial charge is 0.279 e. The molecule has 0 unspecified atom stereocenters. The number of nitrogens with two attached hydrogens (primary N) is 1. The summed E-state index contributed by atoms with van der Waals surface area (Å²) >= 11 is 0. The Balaban J connectivity index is 2.17. The minimum absolute atomic E-state index is 0.00384. The molecule has 0 saturated heterocycles. The Morgan fingerprint density at radius 3 is 2.35 bits per heavy atom. The Kier molecular flexibility index (Phi) is 3.53. The molecule has 3 aromatic rings. The van der Waals surface area contributed by atoms with Crippen molar-refractivity contribution < 1.29 is 8.42 Å². The number of hydrogen-bond donors (Lipinski definition) is 3. The second-order valence-corrected chi connectivity index (χ2v) is 7.03. The molecule has 4 N–H and O–H groups in total. The van der Waals surface area contributed by atoms with Crippen LogP contribution in [0.3, 0.4) is 0 Å². The fourth-order valence-corrected chi connectivity index (χ4v) is 2.78. The molecule has 8 nitrogen and oxygen atoms in total. The van der Waals surface area contributed by atoms with Crippen molar-refractivity contribution in [2.75, 3.05) is 0 Å². The van der Waals surface area contributed by atoms with Crippen LogP contribution in [-0.2, 0) is 10.0 Å². The van der Waals surface area contributed by atoms with Crippen molar-refractivity contribution >= 4 is 21.1 Å². The van der Waals surface area contributed by atoms with Gasteiger partial charge in [0.2, 0.25) is 10.0 Å². The summed E-state index contributed by atoms with van der Waals surface area (Å²) in [6, 6.07) is 5.82. The summed E-state index contributed by atoms with van der Waals surface area (Å²) < 4.78 is 22.6.